The van der Waals surface area contributed by atoms with Gasteiger partial charge in [-0.15, -0.1) is 0 Å². The maximum absolute atomic E-state index is 12.8. The first-order chi connectivity index (χ1) is 15.3. The predicted octanol–water partition coefficient (Wildman–Crippen LogP) is 6.25. The number of benzene rings is 3. The highest BCUT2D eigenvalue weighted by Crippen LogP contribution is 2.34. The lowest BCUT2D eigenvalue weighted by Crippen LogP contribution is -2.13. The number of fused-ring (bicyclic) bond motifs is 1. The Morgan fingerprint density at radius 2 is 1.75 bits per heavy atom. The summed E-state index contributed by atoms with van der Waals surface area (Å²) in [6, 6.07) is 18.9. The summed E-state index contributed by atoms with van der Waals surface area (Å²) < 4.78 is 24.1. The van der Waals surface area contributed by atoms with E-state index in [9.17, 15) is 13.2 Å². The Hall–Kier alpha value is -2.93. The lowest BCUT2D eigenvalue weighted by atomic mass is 10.0. The molecule has 0 bridgehead atoms. The average Bonchev–Trinajstić information content (AvgIpc) is 2.79. The molecule has 5 nitrogen and oxygen atoms in total. The fraction of sp³-hybridized carbons (Fsp3) is 0.0833. The fourth-order valence-electron chi connectivity index (χ4n) is 3.36. The molecule has 0 saturated carbocycles. The first-order valence-corrected chi connectivity index (χ1v) is 12.2. The van der Waals surface area contributed by atoms with Crippen molar-refractivity contribution < 1.29 is 13.2 Å². The number of aromatic nitrogens is 1. The Morgan fingerprint density at radius 3 is 2.50 bits per heavy atom. The summed E-state index contributed by atoms with van der Waals surface area (Å²) in [4.78, 5) is 17.4. The zero-order valence-electron chi connectivity index (χ0n) is 17.0. The molecule has 0 fully saturated rings. The number of sulfone groups is 1. The summed E-state index contributed by atoms with van der Waals surface area (Å²) in [5.74, 6) is -0.514. The van der Waals surface area contributed by atoms with Crippen molar-refractivity contribution in [2.45, 2.75) is 11.8 Å². The molecular weight excluding hydrogens is 467 g/mol. The van der Waals surface area contributed by atoms with Crippen LogP contribution in [0.2, 0.25) is 10.0 Å². The molecule has 0 aliphatic heterocycles. The van der Waals surface area contributed by atoms with Gasteiger partial charge in [0.25, 0.3) is 5.91 Å². The van der Waals surface area contributed by atoms with Gasteiger partial charge < -0.3 is 5.32 Å². The molecule has 162 valence electrons. The van der Waals surface area contributed by atoms with Gasteiger partial charge in [-0.1, -0.05) is 54.4 Å². The van der Waals surface area contributed by atoms with Crippen molar-refractivity contribution in [2.75, 3.05) is 11.1 Å². The van der Waals surface area contributed by atoms with Gasteiger partial charge in [0.15, 0.2) is 9.84 Å². The third-order valence-corrected chi connectivity index (χ3v) is 7.45. The Balaban J connectivity index is 1.67. The molecule has 4 aromatic rings. The van der Waals surface area contributed by atoms with Gasteiger partial charge in [0.1, 0.15) is 0 Å². The van der Waals surface area contributed by atoms with E-state index >= 15 is 0 Å². The van der Waals surface area contributed by atoms with Crippen LogP contribution in [-0.4, -0.2) is 25.1 Å². The van der Waals surface area contributed by atoms with E-state index < -0.39 is 15.7 Å². The number of nitrogens with zero attached hydrogens (tertiary/aromatic N) is 1. The van der Waals surface area contributed by atoms with Crippen LogP contribution in [0.1, 0.15) is 17.3 Å². The van der Waals surface area contributed by atoms with Crippen molar-refractivity contribution in [3.05, 3.63) is 88.5 Å². The minimum absolute atomic E-state index is 0.0510. The van der Waals surface area contributed by atoms with E-state index in [1.807, 2.05) is 30.3 Å². The van der Waals surface area contributed by atoms with Gasteiger partial charge in [-0.05, 0) is 47.9 Å². The number of anilines is 1. The molecular formula is C24H18Cl2N2O3S. The molecule has 0 spiro atoms. The number of hydrogen-bond donors (Lipinski definition) is 1. The first-order valence-electron chi connectivity index (χ1n) is 9.77. The molecule has 0 unspecified atom stereocenters. The maximum Gasteiger partial charge on any atom is 0.257 e. The zero-order chi connectivity index (χ0) is 22.9. The zero-order valence-corrected chi connectivity index (χ0v) is 19.3. The van der Waals surface area contributed by atoms with E-state index in [0.717, 1.165) is 10.8 Å². The van der Waals surface area contributed by atoms with Gasteiger partial charge in [-0.25, -0.2) is 8.42 Å². The van der Waals surface area contributed by atoms with Crippen LogP contribution in [0.25, 0.3) is 22.0 Å². The maximum atomic E-state index is 12.8. The molecule has 1 aromatic heterocycles. The largest absolute Gasteiger partial charge is 0.322 e. The quantitative estimate of drug-likeness (QED) is 0.362. The van der Waals surface area contributed by atoms with Crippen LogP contribution in [0.4, 0.5) is 5.69 Å². The highest BCUT2D eigenvalue weighted by Gasteiger charge is 2.18. The van der Waals surface area contributed by atoms with Crippen LogP contribution in [0.15, 0.2) is 77.8 Å². The fourth-order valence-corrected chi connectivity index (χ4v) is 4.80. The van der Waals surface area contributed by atoms with Gasteiger partial charge in [0.2, 0.25) is 0 Å². The number of rotatable bonds is 5. The third-order valence-electron chi connectivity index (χ3n) is 5.08. The summed E-state index contributed by atoms with van der Waals surface area (Å²) >= 11 is 12.7. The monoisotopic (exact) mass is 484 g/mol. The Labute approximate surface area is 195 Å². The van der Waals surface area contributed by atoms with Gasteiger partial charge in [0, 0.05) is 22.8 Å². The molecule has 0 saturated heterocycles. The molecule has 1 amide bonds. The highest BCUT2D eigenvalue weighted by molar-refractivity contribution is 7.91. The molecule has 8 heteroatoms. The molecule has 4 rings (SSSR count). The smallest absolute Gasteiger partial charge is 0.257 e. The SMILES string of the molecule is CCS(=O)(=O)c1ccc(C(=O)Nc2ccc(Cl)c(-c3nccc4ccccc34)c2)c(Cl)c1. The topological polar surface area (TPSA) is 76.1 Å². The Morgan fingerprint density at radius 1 is 0.969 bits per heavy atom. The van der Waals surface area contributed by atoms with Crippen molar-refractivity contribution in [1.29, 1.82) is 0 Å². The van der Waals surface area contributed by atoms with E-state index in [4.69, 9.17) is 23.2 Å². The summed E-state index contributed by atoms with van der Waals surface area (Å²) in [7, 11) is -3.42. The molecule has 0 aliphatic carbocycles. The van der Waals surface area contributed by atoms with E-state index in [1.54, 1.807) is 31.3 Å². The van der Waals surface area contributed by atoms with Crippen molar-refractivity contribution in [1.82, 2.24) is 4.98 Å². The van der Waals surface area contributed by atoms with Crippen molar-refractivity contribution in [2.24, 2.45) is 0 Å². The minimum Gasteiger partial charge on any atom is -0.322 e. The van der Waals surface area contributed by atoms with Crippen LogP contribution < -0.4 is 5.32 Å². The second kappa shape index (κ2) is 8.90. The normalized spacial score (nSPS) is 11.5. The van der Waals surface area contributed by atoms with E-state index in [2.05, 4.69) is 10.3 Å². The second-order valence-corrected chi connectivity index (χ2v) is 10.2. The molecule has 1 N–H and O–H groups in total. The molecule has 32 heavy (non-hydrogen) atoms. The first kappa shape index (κ1) is 22.3. The third kappa shape index (κ3) is 4.35. The van der Waals surface area contributed by atoms with Gasteiger partial charge >= 0.3 is 0 Å². The lowest BCUT2D eigenvalue weighted by Gasteiger charge is -2.12. The van der Waals surface area contributed by atoms with E-state index in [-0.39, 0.29) is 21.2 Å². The standard InChI is InChI=1S/C24H18Cl2N2O3S/c1-2-32(30,31)17-8-9-19(22(26)14-17)24(29)28-16-7-10-21(25)20(13-16)23-18-6-4-3-5-15(18)11-12-27-23/h3-14H,2H2,1H3,(H,28,29). The summed E-state index contributed by atoms with van der Waals surface area (Å²) in [5.41, 5.74) is 2.06. The van der Waals surface area contributed by atoms with Crippen LogP contribution in [-0.2, 0) is 9.84 Å². The second-order valence-electron chi connectivity index (χ2n) is 7.07. The van der Waals surface area contributed by atoms with E-state index in [1.165, 1.54) is 18.2 Å². The average molecular weight is 485 g/mol. The van der Waals surface area contributed by atoms with Crippen LogP contribution in [0.5, 0.6) is 0 Å². The van der Waals surface area contributed by atoms with Gasteiger partial charge in [-0.2, -0.15) is 0 Å². The lowest BCUT2D eigenvalue weighted by molar-refractivity contribution is 0.102. The predicted molar refractivity (Wildman–Crippen MR) is 129 cm³/mol. The summed E-state index contributed by atoms with van der Waals surface area (Å²) in [5, 5.41) is 5.32. The number of pyridine rings is 1. The number of carbonyl (C=O) groups is 1. The Bertz CT molecular complexity index is 1450. The number of nitrogens with one attached hydrogen (secondary N) is 1. The Kier molecular flexibility index (Phi) is 6.20. The number of amides is 1. The number of carbonyl (C=O) groups excluding carboxylic acids is 1. The molecule has 1 heterocycles. The molecule has 0 atom stereocenters. The molecule has 0 radical (unpaired) electrons. The molecule has 0 aliphatic rings. The van der Waals surface area contributed by atoms with Crippen molar-refractivity contribution >= 4 is 55.4 Å². The van der Waals surface area contributed by atoms with Crippen molar-refractivity contribution in [3.63, 3.8) is 0 Å². The van der Waals surface area contributed by atoms with Crippen LogP contribution in [0, 0.1) is 0 Å². The van der Waals surface area contributed by atoms with Crippen LogP contribution >= 0.6 is 23.2 Å². The summed E-state index contributed by atoms with van der Waals surface area (Å²) in [6.07, 6.45) is 1.71. The van der Waals surface area contributed by atoms with Crippen LogP contribution in [0.3, 0.4) is 0 Å². The number of halogens is 2. The minimum atomic E-state index is -3.42. The highest BCUT2D eigenvalue weighted by atomic mass is 35.5. The number of hydrogen-bond acceptors (Lipinski definition) is 4. The van der Waals surface area contributed by atoms with E-state index in [0.29, 0.717) is 22.0 Å². The van der Waals surface area contributed by atoms with Crippen molar-refractivity contribution in [3.8, 4) is 11.3 Å². The van der Waals surface area contributed by atoms with Gasteiger partial charge in [-0.3, -0.25) is 9.78 Å². The summed E-state index contributed by atoms with van der Waals surface area (Å²) in [6.45, 7) is 1.55. The van der Waals surface area contributed by atoms with Gasteiger partial charge in [0.05, 0.1) is 32.0 Å². The molecule has 3 aromatic carbocycles.